The zero-order valence-corrected chi connectivity index (χ0v) is 13.6. The van der Waals surface area contributed by atoms with E-state index in [0.29, 0.717) is 22.0 Å². The molecular formula is C15H17BrN2O2. The van der Waals surface area contributed by atoms with Crippen molar-refractivity contribution in [1.29, 1.82) is 0 Å². The molecule has 5 heteroatoms. The summed E-state index contributed by atoms with van der Waals surface area (Å²) in [5, 5.41) is 0. The van der Waals surface area contributed by atoms with Crippen LogP contribution < -0.4 is 9.47 Å². The van der Waals surface area contributed by atoms with Crippen molar-refractivity contribution >= 4 is 15.9 Å². The number of hydrogen-bond donors (Lipinski definition) is 0. The zero-order chi connectivity index (χ0) is 14.8. The predicted molar refractivity (Wildman–Crippen MR) is 81.5 cm³/mol. The fraction of sp³-hybridized carbons (Fsp3) is 0.333. The SMILES string of the molecule is COc1ccccc1Oc1cc(Br)nc(C(C)(C)C)n1. The minimum atomic E-state index is -0.150. The average Bonchev–Trinajstić information content (AvgIpc) is 2.37. The molecule has 0 spiro atoms. The molecule has 0 saturated heterocycles. The van der Waals surface area contributed by atoms with Crippen LogP contribution in [0.3, 0.4) is 0 Å². The Bertz CT molecular complexity index is 609. The molecule has 2 rings (SSSR count). The van der Waals surface area contributed by atoms with Gasteiger partial charge in [-0.25, -0.2) is 4.98 Å². The second kappa shape index (κ2) is 5.79. The Morgan fingerprint density at radius 1 is 1.05 bits per heavy atom. The van der Waals surface area contributed by atoms with Crippen LogP contribution in [-0.4, -0.2) is 17.1 Å². The summed E-state index contributed by atoms with van der Waals surface area (Å²) >= 11 is 3.39. The van der Waals surface area contributed by atoms with Gasteiger partial charge >= 0.3 is 0 Å². The molecule has 2 aromatic rings. The second-order valence-corrected chi connectivity index (χ2v) is 6.17. The van der Waals surface area contributed by atoms with Crippen molar-refractivity contribution in [2.75, 3.05) is 7.11 Å². The monoisotopic (exact) mass is 336 g/mol. The van der Waals surface area contributed by atoms with Crippen molar-refractivity contribution in [3.05, 3.63) is 40.8 Å². The summed E-state index contributed by atoms with van der Waals surface area (Å²) < 4.78 is 11.8. The molecule has 0 amide bonds. The smallest absolute Gasteiger partial charge is 0.223 e. The molecule has 1 aromatic carbocycles. The van der Waals surface area contributed by atoms with E-state index in [1.165, 1.54) is 0 Å². The molecule has 0 fully saturated rings. The first-order valence-electron chi connectivity index (χ1n) is 6.26. The molecule has 0 aliphatic carbocycles. The van der Waals surface area contributed by atoms with Crippen molar-refractivity contribution < 1.29 is 9.47 Å². The minimum absolute atomic E-state index is 0.150. The van der Waals surface area contributed by atoms with Crippen molar-refractivity contribution in [2.45, 2.75) is 26.2 Å². The molecule has 106 valence electrons. The van der Waals surface area contributed by atoms with Crippen LogP contribution in [0.4, 0.5) is 0 Å². The Hall–Kier alpha value is -1.62. The summed E-state index contributed by atoms with van der Waals surface area (Å²) in [7, 11) is 1.61. The first kappa shape index (κ1) is 14.8. The van der Waals surface area contributed by atoms with Crippen molar-refractivity contribution in [2.24, 2.45) is 0 Å². The largest absolute Gasteiger partial charge is 0.493 e. The minimum Gasteiger partial charge on any atom is -0.493 e. The van der Waals surface area contributed by atoms with E-state index in [-0.39, 0.29) is 5.41 Å². The lowest BCUT2D eigenvalue weighted by Crippen LogP contribution is -2.16. The summed E-state index contributed by atoms with van der Waals surface area (Å²) in [4.78, 5) is 8.84. The van der Waals surface area contributed by atoms with E-state index in [4.69, 9.17) is 9.47 Å². The number of nitrogens with zero attached hydrogens (tertiary/aromatic N) is 2. The molecule has 0 N–H and O–H groups in total. The van der Waals surface area contributed by atoms with Crippen LogP contribution >= 0.6 is 15.9 Å². The van der Waals surface area contributed by atoms with E-state index in [1.807, 2.05) is 24.3 Å². The van der Waals surface area contributed by atoms with Gasteiger partial charge in [0.2, 0.25) is 5.88 Å². The zero-order valence-electron chi connectivity index (χ0n) is 12.0. The molecule has 0 aliphatic heterocycles. The van der Waals surface area contributed by atoms with Gasteiger partial charge in [0.05, 0.1) is 7.11 Å². The Labute approximate surface area is 127 Å². The van der Waals surface area contributed by atoms with Gasteiger partial charge in [-0.1, -0.05) is 32.9 Å². The number of ether oxygens (including phenoxy) is 2. The maximum absolute atomic E-state index is 5.81. The lowest BCUT2D eigenvalue weighted by atomic mass is 9.96. The third-order valence-corrected chi connectivity index (χ3v) is 3.03. The molecule has 1 heterocycles. The van der Waals surface area contributed by atoms with Gasteiger partial charge in [0.15, 0.2) is 11.5 Å². The molecule has 0 unspecified atom stereocenters. The molecule has 0 bridgehead atoms. The number of methoxy groups -OCH3 is 1. The maximum atomic E-state index is 5.81. The third-order valence-electron chi connectivity index (χ3n) is 2.63. The third kappa shape index (κ3) is 3.48. The lowest BCUT2D eigenvalue weighted by molar-refractivity contribution is 0.371. The number of para-hydroxylation sites is 2. The Morgan fingerprint density at radius 3 is 2.30 bits per heavy atom. The highest BCUT2D eigenvalue weighted by Gasteiger charge is 2.19. The van der Waals surface area contributed by atoms with Crippen LogP contribution in [0.5, 0.6) is 17.4 Å². The molecule has 1 aromatic heterocycles. The van der Waals surface area contributed by atoms with Gasteiger partial charge in [-0.3, -0.25) is 0 Å². The van der Waals surface area contributed by atoms with Gasteiger partial charge < -0.3 is 9.47 Å². The standard InChI is InChI=1S/C15H17BrN2O2/c1-15(2,3)14-17-12(16)9-13(18-14)20-11-8-6-5-7-10(11)19-4/h5-9H,1-4H3. The molecule has 0 radical (unpaired) electrons. The van der Waals surface area contributed by atoms with Gasteiger partial charge in [0, 0.05) is 11.5 Å². The van der Waals surface area contributed by atoms with Gasteiger partial charge in [-0.05, 0) is 28.1 Å². The van der Waals surface area contributed by atoms with E-state index in [1.54, 1.807) is 13.2 Å². The van der Waals surface area contributed by atoms with Crippen LogP contribution in [0.1, 0.15) is 26.6 Å². The summed E-state index contributed by atoms with van der Waals surface area (Å²) in [6, 6.07) is 9.20. The number of hydrogen-bond acceptors (Lipinski definition) is 4. The van der Waals surface area contributed by atoms with Crippen molar-refractivity contribution in [1.82, 2.24) is 9.97 Å². The first-order chi connectivity index (χ1) is 9.40. The van der Waals surface area contributed by atoms with E-state index in [0.717, 1.165) is 5.82 Å². The predicted octanol–water partition coefficient (Wildman–Crippen LogP) is 4.34. The van der Waals surface area contributed by atoms with Crippen LogP contribution in [0.25, 0.3) is 0 Å². The lowest BCUT2D eigenvalue weighted by Gasteiger charge is -2.17. The highest BCUT2D eigenvalue weighted by atomic mass is 79.9. The summed E-state index contributed by atoms with van der Waals surface area (Å²) in [6.45, 7) is 6.17. The Balaban J connectivity index is 2.36. The maximum Gasteiger partial charge on any atom is 0.223 e. The average molecular weight is 337 g/mol. The molecule has 20 heavy (non-hydrogen) atoms. The molecule has 0 saturated carbocycles. The van der Waals surface area contributed by atoms with E-state index in [9.17, 15) is 0 Å². The fourth-order valence-corrected chi connectivity index (χ4v) is 1.96. The van der Waals surface area contributed by atoms with Crippen LogP contribution in [-0.2, 0) is 5.41 Å². The quantitative estimate of drug-likeness (QED) is 0.782. The second-order valence-electron chi connectivity index (χ2n) is 5.36. The topological polar surface area (TPSA) is 44.2 Å². The molecule has 0 atom stereocenters. The number of halogens is 1. The normalized spacial score (nSPS) is 11.2. The molecule has 0 aliphatic rings. The highest BCUT2D eigenvalue weighted by molar-refractivity contribution is 9.10. The van der Waals surface area contributed by atoms with Crippen LogP contribution in [0, 0.1) is 0 Å². The summed E-state index contributed by atoms with van der Waals surface area (Å²) in [5.74, 6) is 2.50. The van der Waals surface area contributed by atoms with Gasteiger partial charge in [-0.15, -0.1) is 0 Å². The van der Waals surface area contributed by atoms with Crippen LogP contribution in [0.15, 0.2) is 34.9 Å². The van der Waals surface area contributed by atoms with Gasteiger partial charge in [-0.2, -0.15) is 4.98 Å². The van der Waals surface area contributed by atoms with Crippen LogP contribution in [0.2, 0.25) is 0 Å². The Kier molecular flexibility index (Phi) is 4.28. The molecule has 4 nitrogen and oxygen atoms in total. The Morgan fingerprint density at radius 2 is 1.70 bits per heavy atom. The number of benzene rings is 1. The summed E-state index contributed by atoms with van der Waals surface area (Å²) in [5.41, 5.74) is -0.150. The highest BCUT2D eigenvalue weighted by Crippen LogP contribution is 2.32. The van der Waals surface area contributed by atoms with E-state index in [2.05, 4.69) is 46.7 Å². The van der Waals surface area contributed by atoms with E-state index < -0.39 is 0 Å². The summed E-state index contributed by atoms with van der Waals surface area (Å²) in [6.07, 6.45) is 0. The molecular weight excluding hydrogens is 320 g/mol. The number of aromatic nitrogens is 2. The van der Waals surface area contributed by atoms with Gasteiger partial charge in [0.25, 0.3) is 0 Å². The van der Waals surface area contributed by atoms with E-state index >= 15 is 0 Å². The first-order valence-corrected chi connectivity index (χ1v) is 7.05. The van der Waals surface area contributed by atoms with Crippen molar-refractivity contribution in [3.63, 3.8) is 0 Å². The van der Waals surface area contributed by atoms with Crippen molar-refractivity contribution in [3.8, 4) is 17.4 Å². The number of rotatable bonds is 3. The van der Waals surface area contributed by atoms with Gasteiger partial charge in [0.1, 0.15) is 10.4 Å². The fourth-order valence-electron chi connectivity index (χ4n) is 1.60.